The van der Waals surface area contributed by atoms with Gasteiger partial charge < -0.3 is 15.0 Å². The van der Waals surface area contributed by atoms with Crippen molar-refractivity contribution in [1.82, 2.24) is 0 Å². The van der Waals surface area contributed by atoms with E-state index in [9.17, 15) is 14.4 Å². The molecule has 0 saturated heterocycles. The van der Waals surface area contributed by atoms with Crippen molar-refractivity contribution in [3.05, 3.63) is 60.2 Å². The van der Waals surface area contributed by atoms with Crippen LogP contribution in [0.2, 0.25) is 0 Å². The lowest BCUT2D eigenvalue weighted by molar-refractivity contribution is -0.122. The highest BCUT2D eigenvalue weighted by Gasteiger charge is 2.30. The van der Waals surface area contributed by atoms with Crippen LogP contribution in [0, 0.1) is 0 Å². The van der Waals surface area contributed by atoms with E-state index in [1.807, 2.05) is 0 Å². The van der Waals surface area contributed by atoms with E-state index >= 15 is 0 Å². The summed E-state index contributed by atoms with van der Waals surface area (Å²) in [6.07, 6.45) is 0.174. The quantitative estimate of drug-likeness (QED) is 0.873. The molecular formula is C19H18N2O4. The molecule has 0 aliphatic carbocycles. The van der Waals surface area contributed by atoms with E-state index in [-0.39, 0.29) is 30.9 Å². The summed E-state index contributed by atoms with van der Waals surface area (Å²) in [5, 5.41) is 2.79. The van der Waals surface area contributed by atoms with Crippen LogP contribution in [0.25, 0.3) is 0 Å². The maximum absolute atomic E-state index is 12.7. The Kier molecular flexibility index (Phi) is 4.79. The van der Waals surface area contributed by atoms with Gasteiger partial charge in [-0.3, -0.25) is 9.59 Å². The highest BCUT2D eigenvalue weighted by molar-refractivity contribution is 6.05. The van der Waals surface area contributed by atoms with Crippen LogP contribution < -0.4 is 10.2 Å². The Hall–Kier alpha value is -3.15. The fraction of sp³-hybridized carbons (Fsp3) is 0.211. The number of hydrogen-bond donors (Lipinski definition) is 1. The molecule has 25 heavy (non-hydrogen) atoms. The Bertz CT molecular complexity index is 804. The minimum atomic E-state index is -0.557. The number of nitrogens with zero attached hydrogens (tertiary/aromatic N) is 1. The number of anilines is 2. The van der Waals surface area contributed by atoms with Gasteiger partial charge in [0.15, 0.2) is 6.61 Å². The van der Waals surface area contributed by atoms with E-state index < -0.39 is 5.97 Å². The minimum Gasteiger partial charge on any atom is -0.452 e. The summed E-state index contributed by atoms with van der Waals surface area (Å²) >= 11 is 0. The second-order valence-electron chi connectivity index (χ2n) is 5.82. The van der Waals surface area contributed by atoms with E-state index in [1.54, 1.807) is 61.5 Å². The molecular weight excluding hydrogens is 320 g/mol. The molecule has 0 spiro atoms. The fourth-order valence-electron chi connectivity index (χ4n) is 2.82. The number of amides is 2. The van der Waals surface area contributed by atoms with Gasteiger partial charge >= 0.3 is 5.97 Å². The standard InChI is InChI=1S/C19H18N2O4/c1-13-11-17(22)20-15-9-5-6-10-16(15)21(13)18(23)12-25-19(24)14-7-3-2-4-8-14/h2-10,13H,11-12H2,1H3,(H,20,22)/t13-/m0/s1. The van der Waals surface area contributed by atoms with Crippen LogP contribution in [-0.4, -0.2) is 30.4 Å². The van der Waals surface area contributed by atoms with Crippen molar-refractivity contribution in [2.75, 3.05) is 16.8 Å². The Morgan fingerprint density at radius 2 is 1.80 bits per heavy atom. The van der Waals surface area contributed by atoms with E-state index in [2.05, 4.69) is 5.32 Å². The molecule has 0 bridgehead atoms. The topological polar surface area (TPSA) is 75.7 Å². The third-order valence-electron chi connectivity index (χ3n) is 3.96. The number of benzene rings is 2. The Morgan fingerprint density at radius 3 is 2.56 bits per heavy atom. The molecule has 1 aliphatic rings. The highest BCUT2D eigenvalue weighted by Crippen LogP contribution is 2.31. The smallest absolute Gasteiger partial charge is 0.338 e. The molecule has 0 saturated carbocycles. The lowest BCUT2D eigenvalue weighted by Crippen LogP contribution is -2.41. The average Bonchev–Trinajstić information content (AvgIpc) is 2.74. The summed E-state index contributed by atoms with van der Waals surface area (Å²) in [5.74, 6) is -1.09. The summed E-state index contributed by atoms with van der Waals surface area (Å²) in [6, 6.07) is 15.2. The molecule has 6 heteroatoms. The first-order valence-corrected chi connectivity index (χ1v) is 7.99. The van der Waals surface area contributed by atoms with Crippen molar-refractivity contribution < 1.29 is 19.1 Å². The van der Waals surface area contributed by atoms with E-state index in [4.69, 9.17) is 4.74 Å². The molecule has 1 N–H and O–H groups in total. The van der Waals surface area contributed by atoms with Crippen LogP contribution in [0.5, 0.6) is 0 Å². The van der Waals surface area contributed by atoms with Crippen molar-refractivity contribution in [1.29, 1.82) is 0 Å². The van der Waals surface area contributed by atoms with Crippen molar-refractivity contribution in [3.8, 4) is 0 Å². The maximum Gasteiger partial charge on any atom is 0.338 e. The average molecular weight is 338 g/mol. The summed E-state index contributed by atoms with van der Waals surface area (Å²) in [4.78, 5) is 38.1. The zero-order valence-electron chi connectivity index (χ0n) is 13.8. The zero-order chi connectivity index (χ0) is 17.8. The van der Waals surface area contributed by atoms with Gasteiger partial charge in [-0.1, -0.05) is 30.3 Å². The number of nitrogens with one attached hydrogen (secondary N) is 1. The second-order valence-corrected chi connectivity index (χ2v) is 5.82. The van der Waals surface area contributed by atoms with Crippen molar-refractivity contribution in [2.45, 2.75) is 19.4 Å². The summed E-state index contributed by atoms with van der Waals surface area (Å²) in [6.45, 7) is 1.40. The summed E-state index contributed by atoms with van der Waals surface area (Å²) in [7, 11) is 0. The van der Waals surface area contributed by atoms with Crippen LogP contribution in [0.3, 0.4) is 0 Å². The van der Waals surface area contributed by atoms with Gasteiger partial charge in [0.25, 0.3) is 5.91 Å². The number of ether oxygens (including phenoxy) is 1. The highest BCUT2D eigenvalue weighted by atomic mass is 16.5. The number of carbonyl (C=O) groups is 3. The third kappa shape index (κ3) is 3.68. The van der Waals surface area contributed by atoms with Gasteiger partial charge in [-0.15, -0.1) is 0 Å². The Morgan fingerprint density at radius 1 is 1.12 bits per heavy atom. The predicted molar refractivity (Wildman–Crippen MR) is 93.4 cm³/mol. The molecule has 1 atom stereocenters. The van der Waals surface area contributed by atoms with E-state index in [0.717, 1.165) is 0 Å². The van der Waals surface area contributed by atoms with Crippen LogP contribution in [-0.2, 0) is 14.3 Å². The molecule has 0 fully saturated rings. The molecule has 0 radical (unpaired) electrons. The lowest BCUT2D eigenvalue weighted by atomic mass is 10.1. The van der Waals surface area contributed by atoms with Gasteiger partial charge in [0.05, 0.1) is 16.9 Å². The molecule has 6 nitrogen and oxygen atoms in total. The molecule has 1 heterocycles. The van der Waals surface area contributed by atoms with Crippen LogP contribution in [0.15, 0.2) is 54.6 Å². The van der Waals surface area contributed by atoms with Gasteiger partial charge in [0, 0.05) is 12.5 Å². The van der Waals surface area contributed by atoms with Crippen LogP contribution in [0.1, 0.15) is 23.7 Å². The molecule has 128 valence electrons. The normalized spacial score (nSPS) is 16.4. The molecule has 2 amide bonds. The van der Waals surface area contributed by atoms with E-state index in [0.29, 0.717) is 16.9 Å². The van der Waals surface area contributed by atoms with Gasteiger partial charge in [0.1, 0.15) is 0 Å². The zero-order valence-corrected chi connectivity index (χ0v) is 13.8. The van der Waals surface area contributed by atoms with Gasteiger partial charge in [0.2, 0.25) is 5.91 Å². The SMILES string of the molecule is C[C@H]1CC(=O)Nc2ccccc2N1C(=O)COC(=O)c1ccccc1. The van der Waals surface area contributed by atoms with Gasteiger partial charge in [-0.05, 0) is 31.2 Å². The first kappa shape index (κ1) is 16.7. The molecule has 2 aromatic rings. The Balaban J connectivity index is 1.76. The molecule has 2 aromatic carbocycles. The van der Waals surface area contributed by atoms with Crippen molar-refractivity contribution in [2.24, 2.45) is 0 Å². The molecule has 0 aromatic heterocycles. The largest absolute Gasteiger partial charge is 0.452 e. The number of fused-ring (bicyclic) bond motifs is 1. The van der Waals surface area contributed by atoms with Crippen LogP contribution in [0.4, 0.5) is 11.4 Å². The Labute approximate surface area is 145 Å². The molecule has 0 unspecified atom stereocenters. The first-order chi connectivity index (χ1) is 12.1. The number of hydrogen-bond acceptors (Lipinski definition) is 4. The maximum atomic E-state index is 12.7. The number of rotatable bonds is 3. The summed E-state index contributed by atoms with van der Waals surface area (Å²) < 4.78 is 5.14. The minimum absolute atomic E-state index is 0.156. The second kappa shape index (κ2) is 7.17. The molecule has 1 aliphatic heterocycles. The van der Waals surface area contributed by atoms with Crippen LogP contribution >= 0.6 is 0 Å². The van der Waals surface area contributed by atoms with E-state index in [1.165, 1.54) is 4.90 Å². The predicted octanol–water partition coefficient (Wildman–Crippen LogP) is 2.61. The summed E-state index contributed by atoms with van der Waals surface area (Å²) in [5.41, 5.74) is 1.55. The van der Waals surface area contributed by atoms with Gasteiger partial charge in [-0.25, -0.2) is 4.79 Å². The third-order valence-corrected chi connectivity index (χ3v) is 3.96. The van der Waals surface area contributed by atoms with Crippen molar-refractivity contribution in [3.63, 3.8) is 0 Å². The monoisotopic (exact) mass is 338 g/mol. The van der Waals surface area contributed by atoms with Crippen molar-refractivity contribution >= 4 is 29.2 Å². The number of para-hydroxylation sites is 2. The molecule has 3 rings (SSSR count). The number of carbonyl (C=O) groups excluding carboxylic acids is 3. The number of esters is 1. The first-order valence-electron chi connectivity index (χ1n) is 7.99. The lowest BCUT2D eigenvalue weighted by Gasteiger charge is -2.27. The van der Waals surface area contributed by atoms with Gasteiger partial charge in [-0.2, -0.15) is 0 Å². The fourth-order valence-corrected chi connectivity index (χ4v) is 2.82.